The second kappa shape index (κ2) is 5.51. The molecular weight excluding hydrogens is 303 g/mol. The molecule has 0 heterocycles. The van der Waals surface area contributed by atoms with Crippen molar-refractivity contribution in [3.05, 3.63) is 81.3 Å². The van der Waals surface area contributed by atoms with E-state index in [1.807, 2.05) is 37.3 Å². The van der Waals surface area contributed by atoms with E-state index in [4.69, 9.17) is 23.2 Å². The van der Waals surface area contributed by atoms with Crippen molar-refractivity contribution in [3.8, 4) is 0 Å². The van der Waals surface area contributed by atoms with Crippen LogP contribution in [0.4, 0.5) is 0 Å². The number of hydrogen-bond acceptors (Lipinski definition) is 1. The summed E-state index contributed by atoms with van der Waals surface area (Å²) >= 11 is 12.3. The van der Waals surface area contributed by atoms with Gasteiger partial charge in [-0.25, -0.2) is 0 Å². The number of hydrogen-bond donors (Lipinski definition) is 0. The number of ketones is 1. The van der Waals surface area contributed by atoms with Crippen molar-refractivity contribution in [1.29, 1.82) is 0 Å². The van der Waals surface area contributed by atoms with Crippen molar-refractivity contribution >= 4 is 39.8 Å². The summed E-state index contributed by atoms with van der Waals surface area (Å²) in [6.07, 6.45) is 0. The molecule has 3 heteroatoms. The van der Waals surface area contributed by atoms with Gasteiger partial charge in [-0.1, -0.05) is 59.6 Å². The molecule has 0 saturated carbocycles. The molecule has 0 radical (unpaired) electrons. The van der Waals surface area contributed by atoms with Gasteiger partial charge in [0.15, 0.2) is 5.78 Å². The van der Waals surface area contributed by atoms with Crippen molar-refractivity contribution in [1.82, 2.24) is 0 Å². The minimum absolute atomic E-state index is 0.0511. The number of fused-ring (bicyclic) bond motifs is 1. The average molecular weight is 315 g/mol. The van der Waals surface area contributed by atoms with E-state index in [2.05, 4.69) is 0 Å². The van der Waals surface area contributed by atoms with Crippen LogP contribution in [0.1, 0.15) is 21.5 Å². The van der Waals surface area contributed by atoms with Crippen molar-refractivity contribution in [3.63, 3.8) is 0 Å². The summed E-state index contributed by atoms with van der Waals surface area (Å²) in [5.74, 6) is -0.0511. The quantitative estimate of drug-likeness (QED) is 0.556. The maximum Gasteiger partial charge on any atom is 0.193 e. The number of carbonyl (C=O) groups excluding carboxylic acids is 1. The summed E-state index contributed by atoms with van der Waals surface area (Å²) in [5.41, 5.74) is 2.17. The number of aryl methyl sites for hydroxylation is 1. The Balaban J connectivity index is 2.18. The van der Waals surface area contributed by atoms with Gasteiger partial charge in [0.25, 0.3) is 0 Å². The molecule has 0 aromatic heterocycles. The van der Waals surface area contributed by atoms with Crippen molar-refractivity contribution in [2.24, 2.45) is 0 Å². The van der Waals surface area contributed by atoms with Gasteiger partial charge in [0.05, 0.1) is 0 Å². The molecule has 0 spiro atoms. The van der Waals surface area contributed by atoms with Crippen molar-refractivity contribution in [2.75, 3.05) is 0 Å². The van der Waals surface area contributed by atoms with Crippen LogP contribution in [0.2, 0.25) is 10.0 Å². The Morgan fingerprint density at radius 2 is 1.57 bits per heavy atom. The third kappa shape index (κ3) is 2.55. The molecule has 21 heavy (non-hydrogen) atoms. The molecule has 0 aliphatic rings. The summed E-state index contributed by atoms with van der Waals surface area (Å²) in [4.78, 5) is 12.7. The zero-order chi connectivity index (χ0) is 15.0. The third-order valence-electron chi connectivity index (χ3n) is 3.55. The van der Waals surface area contributed by atoms with Gasteiger partial charge in [0, 0.05) is 26.6 Å². The molecule has 0 fully saturated rings. The van der Waals surface area contributed by atoms with Crippen LogP contribution in [0.3, 0.4) is 0 Å². The number of benzene rings is 3. The zero-order valence-electron chi connectivity index (χ0n) is 11.4. The van der Waals surface area contributed by atoms with Crippen LogP contribution in [0.15, 0.2) is 54.6 Å². The molecule has 1 nitrogen and oxygen atoms in total. The van der Waals surface area contributed by atoms with E-state index in [0.717, 1.165) is 16.3 Å². The van der Waals surface area contributed by atoms with Crippen molar-refractivity contribution < 1.29 is 4.79 Å². The van der Waals surface area contributed by atoms with E-state index in [1.54, 1.807) is 24.3 Å². The summed E-state index contributed by atoms with van der Waals surface area (Å²) in [5, 5.41) is 2.97. The molecule has 0 unspecified atom stereocenters. The lowest BCUT2D eigenvalue weighted by Gasteiger charge is -2.08. The van der Waals surface area contributed by atoms with Gasteiger partial charge < -0.3 is 0 Å². The van der Waals surface area contributed by atoms with E-state index in [9.17, 15) is 4.79 Å². The molecule has 0 amide bonds. The monoisotopic (exact) mass is 314 g/mol. The van der Waals surface area contributed by atoms with Crippen LogP contribution >= 0.6 is 23.2 Å². The average Bonchev–Trinajstić information content (AvgIpc) is 2.50. The zero-order valence-corrected chi connectivity index (χ0v) is 12.9. The minimum Gasteiger partial charge on any atom is -0.289 e. The van der Waals surface area contributed by atoms with Crippen LogP contribution in [0.25, 0.3) is 10.8 Å². The molecule has 3 aromatic carbocycles. The predicted octanol–water partition coefficient (Wildman–Crippen LogP) is 5.69. The van der Waals surface area contributed by atoms with Crippen LogP contribution in [-0.2, 0) is 0 Å². The van der Waals surface area contributed by atoms with Gasteiger partial charge in [-0.15, -0.1) is 0 Å². The summed E-state index contributed by atoms with van der Waals surface area (Å²) in [7, 11) is 0. The van der Waals surface area contributed by atoms with Gasteiger partial charge in [-0.05, 0) is 36.1 Å². The minimum atomic E-state index is -0.0511. The summed E-state index contributed by atoms with van der Waals surface area (Å²) < 4.78 is 0. The highest BCUT2D eigenvalue weighted by atomic mass is 35.5. The SMILES string of the molecule is Cc1ccc(C(=O)c2ccc(Cl)c3ccccc23)cc1Cl. The highest BCUT2D eigenvalue weighted by Crippen LogP contribution is 2.28. The van der Waals surface area contributed by atoms with E-state index in [0.29, 0.717) is 21.2 Å². The molecule has 3 aromatic rings. The first-order valence-corrected chi connectivity index (χ1v) is 7.31. The number of rotatable bonds is 2. The molecule has 0 atom stereocenters. The Hall–Kier alpha value is -1.83. The second-order valence-corrected chi connectivity index (χ2v) is 5.75. The molecule has 0 saturated heterocycles. The molecular formula is C18H12Cl2O. The summed E-state index contributed by atoms with van der Waals surface area (Å²) in [6, 6.07) is 16.5. The molecule has 0 bridgehead atoms. The smallest absolute Gasteiger partial charge is 0.193 e. The maximum absolute atomic E-state index is 12.7. The van der Waals surface area contributed by atoms with E-state index in [-0.39, 0.29) is 5.78 Å². The highest BCUT2D eigenvalue weighted by Gasteiger charge is 2.14. The Morgan fingerprint density at radius 1 is 0.857 bits per heavy atom. The predicted molar refractivity (Wildman–Crippen MR) is 88.6 cm³/mol. The topological polar surface area (TPSA) is 17.1 Å². The van der Waals surface area contributed by atoms with Gasteiger partial charge in [-0.3, -0.25) is 4.79 Å². The molecule has 0 aliphatic heterocycles. The second-order valence-electron chi connectivity index (χ2n) is 4.93. The fraction of sp³-hybridized carbons (Fsp3) is 0.0556. The van der Waals surface area contributed by atoms with Crippen LogP contribution in [-0.4, -0.2) is 5.78 Å². The highest BCUT2D eigenvalue weighted by molar-refractivity contribution is 6.36. The lowest BCUT2D eigenvalue weighted by atomic mass is 9.97. The number of halogens is 2. The van der Waals surface area contributed by atoms with E-state index in [1.165, 1.54) is 0 Å². The fourth-order valence-corrected chi connectivity index (χ4v) is 2.76. The van der Waals surface area contributed by atoms with Gasteiger partial charge >= 0.3 is 0 Å². The lowest BCUT2D eigenvalue weighted by Crippen LogP contribution is -2.02. The largest absolute Gasteiger partial charge is 0.289 e. The first-order valence-electron chi connectivity index (χ1n) is 6.56. The van der Waals surface area contributed by atoms with Crippen LogP contribution < -0.4 is 0 Å². The first-order chi connectivity index (χ1) is 10.1. The Bertz CT molecular complexity index is 853. The molecule has 0 N–H and O–H groups in total. The Labute approximate surface area is 133 Å². The normalized spacial score (nSPS) is 10.8. The Kier molecular flexibility index (Phi) is 3.71. The molecule has 3 rings (SSSR count). The maximum atomic E-state index is 12.7. The summed E-state index contributed by atoms with van der Waals surface area (Å²) in [6.45, 7) is 1.91. The van der Waals surface area contributed by atoms with Gasteiger partial charge in [0.1, 0.15) is 0 Å². The fourth-order valence-electron chi connectivity index (χ4n) is 2.35. The van der Waals surface area contributed by atoms with Crippen molar-refractivity contribution in [2.45, 2.75) is 6.92 Å². The standard InChI is InChI=1S/C18H12Cl2O/c1-11-6-7-12(10-17(11)20)18(21)15-8-9-16(19)14-5-3-2-4-13(14)15/h2-10H,1H3. The molecule has 0 aliphatic carbocycles. The van der Waals surface area contributed by atoms with E-state index >= 15 is 0 Å². The molecule has 104 valence electrons. The lowest BCUT2D eigenvalue weighted by molar-refractivity contribution is 0.104. The van der Waals surface area contributed by atoms with E-state index < -0.39 is 0 Å². The van der Waals surface area contributed by atoms with Crippen LogP contribution in [0, 0.1) is 6.92 Å². The number of carbonyl (C=O) groups is 1. The van der Waals surface area contributed by atoms with Gasteiger partial charge in [-0.2, -0.15) is 0 Å². The Morgan fingerprint density at radius 3 is 2.29 bits per heavy atom. The van der Waals surface area contributed by atoms with Gasteiger partial charge in [0.2, 0.25) is 0 Å². The third-order valence-corrected chi connectivity index (χ3v) is 4.29. The first kappa shape index (κ1) is 14.1. The van der Waals surface area contributed by atoms with Crippen LogP contribution in [0.5, 0.6) is 0 Å².